The van der Waals surface area contributed by atoms with E-state index in [1.807, 2.05) is 6.08 Å². The van der Waals surface area contributed by atoms with Crippen LogP contribution in [0.3, 0.4) is 0 Å². The smallest absolute Gasteiger partial charge is 0.335 e. The lowest BCUT2D eigenvalue weighted by Crippen LogP contribution is -2.61. The molecule has 0 radical (unpaired) electrons. The van der Waals surface area contributed by atoms with Gasteiger partial charge in [0.15, 0.2) is 18.2 Å². The Labute approximate surface area is 194 Å². The molecule has 5 aliphatic rings. The van der Waals surface area contributed by atoms with Crippen LogP contribution in [0.2, 0.25) is 0 Å². The summed E-state index contributed by atoms with van der Waals surface area (Å²) in [4.78, 5) is 23.5. The molecule has 8 nitrogen and oxygen atoms in total. The molecule has 3 saturated carbocycles. The Hall–Kier alpha value is -1.32. The second-order valence-electron chi connectivity index (χ2n) is 11.5. The zero-order valence-corrected chi connectivity index (χ0v) is 19.4. The number of carbonyl (C=O) groups is 2. The van der Waals surface area contributed by atoms with E-state index in [9.17, 15) is 30.0 Å². The van der Waals surface area contributed by atoms with E-state index in [-0.39, 0.29) is 22.7 Å². The van der Waals surface area contributed by atoms with E-state index in [0.717, 1.165) is 44.9 Å². The summed E-state index contributed by atoms with van der Waals surface area (Å²) in [5.41, 5.74) is 1.29. The van der Waals surface area contributed by atoms with Crippen LogP contribution in [-0.2, 0) is 19.1 Å². The normalized spacial score (nSPS) is 51.8. The summed E-state index contributed by atoms with van der Waals surface area (Å²) in [5, 5.41) is 39.9. The van der Waals surface area contributed by atoms with Gasteiger partial charge in [0.1, 0.15) is 18.3 Å². The SMILES string of the molecule is C[C@]12CCC(=O)C=C1CCC1C2CC[C@@]2(C)C1CC[C@@H]2OC1O[C@H](C(=O)O)[C@@H](O)[C@H](O)[C@H]1O. The maximum atomic E-state index is 12.0. The quantitative estimate of drug-likeness (QED) is 0.497. The van der Waals surface area contributed by atoms with Crippen molar-refractivity contribution in [2.45, 2.75) is 102 Å². The van der Waals surface area contributed by atoms with E-state index in [2.05, 4.69) is 13.8 Å². The molecule has 0 spiro atoms. The standard InChI is InChI=1S/C25H36O8/c1-24-9-7-13(26)11-12(24)3-4-14-15-5-6-17(25(15,2)10-8-16(14)24)32-23-20(29)18(27)19(28)21(33-23)22(30)31/h11,14-21,23,27-29H,3-10H2,1-2H3,(H,30,31)/t14?,15?,16?,17-,18-,19-,20+,21-,23?,24-,25-/m0/s1. The second kappa shape index (κ2) is 8.12. The lowest BCUT2D eigenvalue weighted by Gasteiger charge is -2.58. The molecular formula is C25H36O8. The molecule has 11 atom stereocenters. The number of carboxylic acid groups (broad SMARTS) is 1. The largest absolute Gasteiger partial charge is 0.479 e. The van der Waals surface area contributed by atoms with E-state index in [1.54, 1.807) is 0 Å². The Balaban J connectivity index is 1.34. The minimum absolute atomic E-state index is 0.0920. The zero-order valence-electron chi connectivity index (χ0n) is 19.4. The monoisotopic (exact) mass is 464 g/mol. The summed E-state index contributed by atoms with van der Waals surface area (Å²) < 4.78 is 11.6. The van der Waals surface area contributed by atoms with Gasteiger partial charge in [-0.25, -0.2) is 4.79 Å². The molecule has 4 fully saturated rings. The number of fused-ring (bicyclic) bond motifs is 5. The van der Waals surface area contributed by atoms with Crippen LogP contribution in [0.15, 0.2) is 11.6 Å². The van der Waals surface area contributed by atoms with Crippen LogP contribution >= 0.6 is 0 Å². The van der Waals surface area contributed by atoms with Gasteiger partial charge < -0.3 is 29.9 Å². The average molecular weight is 465 g/mol. The number of hydrogen-bond acceptors (Lipinski definition) is 7. The van der Waals surface area contributed by atoms with E-state index < -0.39 is 36.7 Å². The predicted molar refractivity (Wildman–Crippen MR) is 116 cm³/mol. The van der Waals surface area contributed by atoms with Crippen molar-refractivity contribution in [2.75, 3.05) is 0 Å². The van der Waals surface area contributed by atoms with Gasteiger partial charge >= 0.3 is 5.97 Å². The molecule has 5 rings (SSSR count). The van der Waals surface area contributed by atoms with Gasteiger partial charge in [0.05, 0.1) is 6.10 Å². The van der Waals surface area contributed by atoms with Crippen LogP contribution in [-0.4, -0.2) is 69.0 Å². The molecule has 0 aromatic heterocycles. The van der Waals surface area contributed by atoms with Crippen molar-refractivity contribution >= 4 is 11.8 Å². The summed E-state index contributed by atoms with van der Waals surface area (Å²) in [6, 6.07) is 0. The fourth-order valence-electron chi connectivity index (χ4n) is 8.06. The number of carboxylic acids is 1. The van der Waals surface area contributed by atoms with Crippen LogP contribution in [0.25, 0.3) is 0 Å². The molecule has 4 aliphatic carbocycles. The van der Waals surface area contributed by atoms with Gasteiger partial charge in [-0.2, -0.15) is 0 Å². The summed E-state index contributed by atoms with van der Waals surface area (Å²) in [5.74, 6) is 0.400. The molecule has 1 saturated heterocycles. The molecule has 4 unspecified atom stereocenters. The Morgan fingerprint density at radius 3 is 2.48 bits per heavy atom. The summed E-state index contributed by atoms with van der Waals surface area (Å²) in [7, 11) is 0. The van der Waals surface area contributed by atoms with E-state index in [4.69, 9.17) is 9.47 Å². The van der Waals surface area contributed by atoms with Crippen LogP contribution in [0, 0.1) is 28.6 Å². The number of aliphatic hydroxyl groups is 3. The number of carbonyl (C=O) groups excluding carboxylic acids is 1. The van der Waals surface area contributed by atoms with Crippen LogP contribution in [0.5, 0.6) is 0 Å². The van der Waals surface area contributed by atoms with Gasteiger partial charge in [-0.3, -0.25) is 4.79 Å². The third kappa shape index (κ3) is 3.52. The third-order valence-corrected chi connectivity index (χ3v) is 9.99. The fourth-order valence-corrected chi connectivity index (χ4v) is 8.06. The van der Waals surface area contributed by atoms with Gasteiger partial charge in [-0.05, 0) is 79.6 Å². The van der Waals surface area contributed by atoms with Crippen molar-refractivity contribution in [3.05, 3.63) is 11.6 Å². The van der Waals surface area contributed by atoms with Crippen LogP contribution in [0.1, 0.15) is 65.2 Å². The molecule has 0 aromatic carbocycles. The first-order valence-corrected chi connectivity index (χ1v) is 12.4. The number of aliphatic hydroxyl groups excluding tert-OH is 3. The van der Waals surface area contributed by atoms with Crippen molar-refractivity contribution in [3.63, 3.8) is 0 Å². The molecule has 8 heteroatoms. The van der Waals surface area contributed by atoms with Crippen LogP contribution in [0.4, 0.5) is 0 Å². The average Bonchev–Trinajstić information content (AvgIpc) is 3.10. The second-order valence-corrected chi connectivity index (χ2v) is 11.5. The number of rotatable bonds is 3. The summed E-state index contributed by atoms with van der Waals surface area (Å²) in [6.07, 6.45) is 1.24. The highest BCUT2D eigenvalue weighted by Crippen LogP contribution is 2.65. The van der Waals surface area contributed by atoms with E-state index in [0.29, 0.717) is 24.2 Å². The highest BCUT2D eigenvalue weighted by molar-refractivity contribution is 5.91. The van der Waals surface area contributed by atoms with Crippen molar-refractivity contribution in [1.29, 1.82) is 0 Å². The topological polar surface area (TPSA) is 134 Å². The van der Waals surface area contributed by atoms with Gasteiger partial charge in [-0.1, -0.05) is 19.4 Å². The Morgan fingerprint density at radius 1 is 1.00 bits per heavy atom. The molecular weight excluding hydrogens is 428 g/mol. The number of ether oxygens (including phenoxy) is 2. The van der Waals surface area contributed by atoms with Crippen molar-refractivity contribution < 1.29 is 39.5 Å². The molecule has 0 aromatic rings. The predicted octanol–water partition coefficient (Wildman–Crippen LogP) is 1.80. The molecule has 1 aliphatic heterocycles. The maximum absolute atomic E-state index is 12.0. The summed E-state index contributed by atoms with van der Waals surface area (Å²) >= 11 is 0. The number of ketones is 1. The number of hydrogen-bond donors (Lipinski definition) is 4. The zero-order chi connectivity index (χ0) is 23.7. The molecule has 0 bridgehead atoms. The highest BCUT2D eigenvalue weighted by atomic mass is 16.7. The molecule has 0 amide bonds. The first kappa shape index (κ1) is 23.4. The minimum atomic E-state index is -1.72. The third-order valence-electron chi connectivity index (χ3n) is 9.99. The maximum Gasteiger partial charge on any atom is 0.335 e. The van der Waals surface area contributed by atoms with Crippen molar-refractivity contribution in [2.24, 2.45) is 28.6 Å². The fraction of sp³-hybridized carbons (Fsp3) is 0.840. The number of aliphatic carboxylic acids is 1. The summed E-state index contributed by atoms with van der Waals surface area (Å²) in [6.45, 7) is 4.58. The Morgan fingerprint density at radius 2 is 1.76 bits per heavy atom. The molecule has 33 heavy (non-hydrogen) atoms. The molecule has 1 heterocycles. The highest BCUT2D eigenvalue weighted by Gasteiger charge is 2.60. The lowest BCUT2D eigenvalue weighted by atomic mass is 9.47. The van der Waals surface area contributed by atoms with E-state index >= 15 is 0 Å². The van der Waals surface area contributed by atoms with Gasteiger partial charge in [0.25, 0.3) is 0 Å². The molecule has 4 N–H and O–H groups in total. The van der Waals surface area contributed by atoms with Crippen molar-refractivity contribution in [1.82, 2.24) is 0 Å². The minimum Gasteiger partial charge on any atom is -0.479 e. The molecule has 184 valence electrons. The number of allylic oxidation sites excluding steroid dienone is 1. The Kier molecular flexibility index (Phi) is 5.77. The first-order valence-electron chi connectivity index (χ1n) is 12.4. The van der Waals surface area contributed by atoms with Crippen molar-refractivity contribution in [3.8, 4) is 0 Å². The van der Waals surface area contributed by atoms with Gasteiger partial charge in [-0.15, -0.1) is 0 Å². The first-order chi connectivity index (χ1) is 15.6. The Bertz CT molecular complexity index is 855. The lowest BCUT2D eigenvalue weighted by molar-refractivity contribution is -0.312. The van der Waals surface area contributed by atoms with Gasteiger partial charge in [0, 0.05) is 6.42 Å². The van der Waals surface area contributed by atoms with Crippen LogP contribution < -0.4 is 0 Å². The van der Waals surface area contributed by atoms with E-state index in [1.165, 1.54) is 5.57 Å². The van der Waals surface area contributed by atoms with Gasteiger partial charge in [0.2, 0.25) is 0 Å².